The average Bonchev–Trinajstić information content (AvgIpc) is 2.86. The first-order valence-electron chi connectivity index (χ1n) is 13.4. The molecule has 0 saturated carbocycles. The molecule has 0 aromatic heterocycles. The summed E-state index contributed by atoms with van der Waals surface area (Å²) in [7, 11) is -2.87. The van der Waals surface area contributed by atoms with Gasteiger partial charge < -0.3 is 0 Å². The highest BCUT2D eigenvalue weighted by Crippen LogP contribution is 2.56. The number of nitrogens with zero attached hydrogens (tertiary/aromatic N) is 3. The van der Waals surface area contributed by atoms with Gasteiger partial charge in [-0.25, -0.2) is 14.0 Å². The highest BCUT2D eigenvalue weighted by molar-refractivity contribution is 8.00. The van der Waals surface area contributed by atoms with E-state index >= 15 is 4.57 Å². The molecule has 0 aromatic carbocycles. The zero-order chi connectivity index (χ0) is 26.2. The fourth-order valence-electron chi connectivity index (χ4n) is 3.54. The molecule has 0 aromatic rings. The number of thioether (sulfide) groups is 6. The zero-order valence-electron chi connectivity index (χ0n) is 23.4. The summed E-state index contributed by atoms with van der Waals surface area (Å²) >= 11 is 11.9. The Labute approximate surface area is 245 Å². The van der Waals surface area contributed by atoms with Crippen molar-refractivity contribution < 1.29 is 4.57 Å². The first-order chi connectivity index (χ1) is 17.1. The second-order valence-corrected chi connectivity index (χ2v) is 18.6. The Kier molecular flexibility index (Phi) is 28.1. The van der Waals surface area contributed by atoms with Crippen LogP contribution >= 0.6 is 78.2 Å². The van der Waals surface area contributed by atoms with Crippen LogP contribution in [0.2, 0.25) is 0 Å². The molecule has 4 nitrogen and oxygen atoms in total. The van der Waals surface area contributed by atoms with E-state index in [1.807, 2.05) is 70.6 Å². The van der Waals surface area contributed by atoms with Gasteiger partial charge in [-0.3, -0.25) is 4.57 Å². The third kappa shape index (κ3) is 16.8. The Morgan fingerprint density at radius 1 is 0.400 bits per heavy atom. The van der Waals surface area contributed by atoms with Gasteiger partial charge in [-0.05, 0) is 34.5 Å². The quantitative estimate of drug-likeness (QED) is 0.0675. The molecule has 0 spiro atoms. The van der Waals surface area contributed by atoms with Crippen molar-refractivity contribution in [2.75, 3.05) is 108 Å². The van der Waals surface area contributed by atoms with Gasteiger partial charge in [-0.15, -0.1) is 0 Å². The van der Waals surface area contributed by atoms with Gasteiger partial charge in [0, 0.05) is 73.8 Å². The lowest BCUT2D eigenvalue weighted by Crippen LogP contribution is -2.45. The summed E-state index contributed by atoms with van der Waals surface area (Å²) < 4.78 is 22.9. The third-order valence-corrected chi connectivity index (χ3v) is 14.0. The third-order valence-electron chi connectivity index (χ3n) is 5.29. The first-order valence-corrected chi connectivity index (χ1v) is 21.9. The van der Waals surface area contributed by atoms with Crippen molar-refractivity contribution in [3.05, 3.63) is 0 Å². The highest BCUT2D eigenvalue weighted by atomic mass is 32.2. The molecule has 0 radical (unpaired) electrons. The van der Waals surface area contributed by atoms with E-state index in [2.05, 4.69) is 55.6 Å². The second kappa shape index (κ2) is 26.4. The normalized spacial score (nSPS) is 12.5. The largest absolute Gasteiger partial charge is 0.287 e. The summed E-state index contributed by atoms with van der Waals surface area (Å²) in [6.45, 7) is 18.9. The molecule has 0 N–H and O–H groups in total. The van der Waals surface area contributed by atoms with Crippen molar-refractivity contribution in [3.63, 3.8) is 0 Å². The molecule has 0 fully saturated rings. The molecule has 0 rings (SSSR count). The molecule has 0 heterocycles. The van der Waals surface area contributed by atoms with Crippen LogP contribution in [0.1, 0.15) is 41.5 Å². The van der Waals surface area contributed by atoms with Crippen LogP contribution in [0.3, 0.4) is 0 Å². The average molecular weight is 624 g/mol. The number of rotatable bonds is 27. The summed E-state index contributed by atoms with van der Waals surface area (Å²) in [5, 5.41) is 0. The fraction of sp³-hybridized carbons (Fsp3) is 1.00. The Bertz CT molecular complexity index is 413. The molecule has 0 unspecified atom stereocenters. The highest BCUT2D eigenvalue weighted by Gasteiger charge is 2.42. The molecule has 212 valence electrons. The van der Waals surface area contributed by atoms with Crippen LogP contribution in [0.25, 0.3) is 0 Å². The number of hydrogen-bond donors (Lipinski definition) is 0. The molecular weight excluding hydrogens is 570 g/mol. The molecule has 35 heavy (non-hydrogen) atoms. The van der Waals surface area contributed by atoms with Crippen LogP contribution in [-0.4, -0.2) is 122 Å². The van der Waals surface area contributed by atoms with E-state index in [1.165, 1.54) is 0 Å². The van der Waals surface area contributed by atoms with Crippen LogP contribution in [0.5, 0.6) is 0 Å². The van der Waals surface area contributed by atoms with E-state index < -0.39 is 7.59 Å². The summed E-state index contributed by atoms with van der Waals surface area (Å²) in [6.07, 6.45) is 0. The summed E-state index contributed by atoms with van der Waals surface area (Å²) in [5.41, 5.74) is 0. The molecule has 0 saturated heterocycles. The second-order valence-electron chi connectivity index (χ2n) is 7.56. The molecule has 11 heteroatoms. The van der Waals surface area contributed by atoms with E-state index in [1.54, 1.807) is 0 Å². The van der Waals surface area contributed by atoms with Gasteiger partial charge in [0.05, 0.1) is 0 Å². The van der Waals surface area contributed by atoms with E-state index in [0.29, 0.717) is 0 Å². The maximum absolute atomic E-state index is 15.6. The van der Waals surface area contributed by atoms with Gasteiger partial charge in [0.2, 0.25) is 0 Å². The Hall–Kier alpha value is 2.21. The Morgan fingerprint density at radius 2 is 0.571 bits per heavy atom. The summed E-state index contributed by atoms with van der Waals surface area (Å²) in [6, 6.07) is 0. The van der Waals surface area contributed by atoms with E-state index in [-0.39, 0.29) is 0 Å². The first kappa shape index (κ1) is 37.2. The minimum atomic E-state index is -2.87. The minimum absolute atomic E-state index is 0.913. The van der Waals surface area contributed by atoms with Gasteiger partial charge in [0.15, 0.2) is 0 Å². The standard InChI is InChI=1S/C24H54N3OPS6/c1-7-30-19-13-25(14-20-31-8-2)29(28,26(15-21-32-9-3)16-22-33-10-4)27(17-23-34-11-5)18-24-35-12-6/h7-24H2,1-6H3. The van der Waals surface area contributed by atoms with Crippen molar-refractivity contribution in [1.29, 1.82) is 0 Å². The Morgan fingerprint density at radius 3 is 0.714 bits per heavy atom. The van der Waals surface area contributed by atoms with Crippen molar-refractivity contribution in [2.24, 2.45) is 0 Å². The molecule has 0 atom stereocenters. The lowest BCUT2D eigenvalue weighted by Gasteiger charge is -2.45. The molecule has 0 aliphatic heterocycles. The number of hydrogen-bond acceptors (Lipinski definition) is 7. The molecule has 0 aliphatic rings. The van der Waals surface area contributed by atoms with Crippen molar-refractivity contribution >= 4 is 78.2 Å². The van der Waals surface area contributed by atoms with Gasteiger partial charge in [-0.2, -0.15) is 70.6 Å². The minimum Gasteiger partial charge on any atom is -0.270 e. The maximum atomic E-state index is 15.6. The smallest absolute Gasteiger partial charge is 0.270 e. The van der Waals surface area contributed by atoms with Gasteiger partial charge in [0.25, 0.3) is 7.59 Å². The molecule has 0 amide bonds. The van der Waals surface area contributed by atoms with E-state index in [9.17, 15) is 0 Å². The topological polar surface area (TPSA) is 26.8 Å². The van der Waals surface area contributed by atoms with Crippen LogP contribution in [0.4, 0.5) is 0 Å². The predicted octanol–water partition coefficient (Wildman–Crippen LogP) is 7.52. The van der Waals surface area contributed by atoms with Crippen LogP contribution < -0.4 is 0 Å². The van der Waals surface area contributed by atoms with Crippen molar-refractivity contribution in [3.8, 4) is 0 Å². The monoisotopic (exact) mass is 623 g/mol. The molecule has 0 bridgehead atoms. The lowest BCUT2D eigenvalue weighted by molar-refractivity contribution is 0.294. The molecular formula is C24H54N3OPS6. The van der Waals surface area contributed by atoms with Crippen molar-refractivity contribution in [1.82, 2.24) is 14.0 Å². The fourth-order valence-corrected chi connectivity index (χ4v) is 11.4. The van der Waals surface area contributed by atoms with Gasteiger partial charge in [-0.1, -0.05) is 41.5 Å². The zero-order valence-corrected chi connectivity index (χ0v) is 29.2. The maximum Gasteiger partial charge on any atom is 0.287 e. The van der Waals surface area contributed by atoms with E-state index in [0.717, 1.165) is 108 Å². The summed E-state index contributed by atoms with van der Waals surface area (Å²) in [5.74, 6) is 13.1. The Balaban J connectivity index is 6.24. The van der Waals surface area contributed by atoms with Crippen LogP contribution in [0.15, 0.2) is 0 Å². The predicted molar refractivity (Wildman–Crippen MR) is 180 cm³/mol. The van der Waals surface area contributed by atoms with Crippen LogP contribution in [0, 0.1) is 0 Å². The summed E-state index contributed by atoms with van der Waals surface area (Å²) in [4.78, 5) is 0. The van der Waals surface area contributed by atoms with Gasteiger partial charge in [0.1, 0.15) is 0 Å². The SMILES string of the molecule is CCSCCN(CCSCC)P(=O)(N(CCSCC)CCSCC)N(CCSCC)CCSCC. The lowest BCUT2D eigenvalue weighted by atomic mass is 10.6. The molecule has 0 aliphatic carbocycles. The van der Waals surface area contributed by atoms with Crippen molar-refractivity contribution in [2.45, 2.75) is 41.5 Å². The van der Waals surface area contributed by atoms with Crippen LogP contribution in [-0.2, 0) is 4.57 Å². The van der Waals surface area contributed by atoms with E-state index in [4.69, 9.17) is 0 Å². The van der Waals surface area contributed by atoms with Gasteiger partial charge >= 0.3 is 0 Å².